The summed E-state index contributed by atoms with van der Waals surface area (Å²) in [5, 5.41) is 0. The average Bonchev–Trinajstić information content (AvgIpc) is 2.66. The molecule has 0 N–H and O–H groups in total. The first kappa shape index (κ1) is 17.7. The Bertz CT molecular complexity index is 776. The number of hydrogen-bond donors (Lipinski definition) is 0. The number of carbonyl (C=O) groups is 1. The molecule has 1 unspecified atom stereocenters. The Morgan fingerprint density at radius 2 is 2.00 bits per heavy atom. The minimum atomic E-state index is -0.322. The third kappa shape index (κ3) is 4.19. The SMILES string of the molecule is Cc1ccc(OCC(=O)N2CC3(CC(Oc4ncccn4)CCO3)C2)cc1. The molecule has 0 aliphatic carbocycles. The first-order valence-corrected chi connectivity index (χ1v) is 9.17. The second-order valence-corrected chi connectivity index (χ2v) is 7.15. The Balaban J connectivity index is 1.26. The molecule has 1 aromatic carbocycles. The highest BCUT2D eigenvalue weighted by Crippen LogP contribution is 2.35. The molecular formula is C20H23N3O4. The fourth-order valence-corrected chi connectivity index (χ4v) is 3.50. The standard InChI is InChI=1S/C20H23N3O4/c1-15-3-5-16(6-4-15)25-12-18(24)23-13-20(14-23)11-17(7-10-26-20)27-19-21-8-2-9-22-19/h2-6,8-9,17H,7,10-14H2,1H3. The van der Waals surface area contributed by atoms with Crippen LogP contribution in [0.15, 0.2) is 42.7 Å². The number of benzene rings is 1. The number of aromatic nitrogens is 2. The number of hydrogen-bond acceptors (Lipinski definition) is 6. The number of aryl methyl sites for hydroxylation is 1. The Labute approximate surface area is 158 Å². The lowest BCUT2D eigenvalue weighted by Gasteiger charge is -2.52. The van der Waals surface area contributed by atoms with E-state index in [0.29, 0.717) is 31.5 Å². The molecule has 27 heavy (non-hydrogen) atoms. The van der Waals surface area contributed by atoms with Crippen LogP contribution in [-0.2, 0) is 9.53 Å². The van der Waals surface area contributed by atoms with Gasteiger partial charge in [-0.15, -0.1) is 0 Å². The van der Waals surface area contributed by atoms with E-state index in [1.165, 1.54) is 0 Å². The number of carbonyl (C=O) groups excluding carboxylic acids is 1. The molecule has 1 atom stereocenters. The third-order valence-electron chi connectivity index (χ3n) is 4.96. The lowest BCUT2D eigenvalue weighted by molar-refractivity contribution is -0.194. The molecular weight excluding hydrogens is 346 g/mol. The molecule has 1 amide bonds. The van der Waals surface area contributed by atoms with Crippen LogP contribution in [0.1, 0.15) is 18.4 Å². The Kier molecular flexibility index (Phi) is 4.94. The summed E-state index contributed by atoms with van der Waals surface area (Å²) in [5.74, 6) is 0.675. The maximum Gasteiger partial charge on any atom is 0.316 e. The molecule has 3 heterocycles. The minimum Gasteiger partial charge on any atom is -0.484 e. The van der Waals surface area contributed by atoms with E-state index in [4.69, 9.17) is 14.2 Å². The Morgan fingerprint density at radius 3 is 2.74 bits per heavy atom. The van der Waals surface area contributed by atoms with Crippen molar-refractivity contribution in [2.45, 2.75) is 31.5 Å². The van der Waals surface area contributed by atoms with Gasteiger partial charge in [0.25, 0.3) is 5.91 Å². The van der Waals surface area contributed by atoms with E-state index in [9.17, 15) is 4.79 Å². The summed E-state index contributed by atoms with van der Waals surface area (Å²) in [7, 11) is 0. The highest BCUT2D eigenvalue weighted by molar-refractivity contribution is 5.79. The summed E-state index contributed by atoms with van der Waals surface area (Å²) in [4.78, 5) is 22.4. The summed E-state index contributed by atoms with van der Waals surface area (Å²) in [5.41, 5.74) is 0.836. The summed E-state index contributed by atoms with van der Waals surface area (Å²) < 4.78 is 17.4. The fraction of sp³-hybridized carbons (Fsp3) is 0.450. The molecule has 0 saturated carbocycles. The van der Waals surface area contributed by atoms with Crippen molar-refractivity contribution >= 4 is 5.91 Å². The highest BCUT2D eigenvalue weighted by Gasteiger charge is 2.50. The van der Waals surface area contributed by atoms with Crippen LogP contribution in [0, 0.1) is 6.92 Å². The second-order valence-electron chi connectivity index (χ2n) is 7.15. The molecule has 2 saturated heterocycles. The smallest absolute Gasteiger partial charge is 0.316 e. The normalized spacial score (nSPS) is 20.8. The van der Waals surface area contributed by atoms with Crippen LogP contribution < -0.4 is 9.47 Å². The van der Waals surface area contributed by atoms with Crippen molar-refractivity contribution in [1.82, 2.24) is 14.9 Å². The number of ether oxygens (including phenoxy) is 3. The van der Waals surface area contributed by atoms with Gasteiger partial charge in [-0.2, -0.15) is 0 Å². The predicted octanol–water partition coefficient (Wildman–Crippen LogP) is 2.00. The van der Waals surface area contributed by atoms with Gasteiger partial charge in [-0.25, -0.2) is 9.97 Å². The summed E-state index contributed by atoms with van der Waals surface area (Å²) in [6.45, 7) is 3.80. The predicted molar refractivity (Wildman–Crippen MR) is 97.6 cm³/mol. The Hall–Kier alpha value is -2.67. The van der Waals surface area contributed by atoms with Gasteiger partial charge < -0.3 is 19.1 Å². The monoisotopic (exact) mass is 369 g/mol. The number of likely N-dealkylation sites (tertiary alicyclic amines) is 1. The molecule has 7 nitrogen and oxygen atoms in total. The van der Waals surface area contributed by atoms with E-state index in [-0.39, 0.29) is 24.2 Å². The van der Waals surface area contributed by atoms with Crippen LogP contribution in [0.2, 0.25) is 0 Å². The molecule has 2 aliphatic heterocycles. The molecule has 142 valence electrons. The zero-order valence-electron chi connectivity index (χ0n) is 15.3. The van der Waals surface area contributed by atoms with Crippen LogP contribution in [0.5, 0.6) is 11.8 Å². The van der Waals surface area contributed by atoms with Crippen molar-refractivity contribution in [1.29, 1.82) is 0 Å². The zero-order chi connectivity index (χ0) is 18.7. The van der Waals surface area contributed by atoms with Gasteiger partial charge in [0.05, 0.1) is 19.7 Å². The summed E-state index contributed by atoms with van der Waals surface area (Å²) >= 11 is 0. The second kappa shape index (κ2) is 7.52. The number of amides is 1. The minimum absolute atomic E-state index is 0.00205. The lowest BCUT2D eigenvalue weighted by Crippen LogP contribution is -2.68. The van der Waals surface area contributed by atoms with Gasteiger partial charge in [0.2, 0.25) is 0 Å². The molecule has 4 rings (SSSR count). The van der Waals surface area contributed by atoms with Gasteiger partial charge in [-0.05, 0) is 25.1 Å². The molecule has 2 aliphatic rings. The van der Waals surface area contributed by atoms with Crippen molar-refractivity contribution in [3.8, 4) is 11.8 Å². The first-order chi connectivity index (χ1) is 13.1. The highest BCUT2D eigenvalue weighted by atomic mass is 16.5. The van der Waals surface area contributed by atoms with E-state index in [1.54, 1.807) is 23.4 Å². The maximum atomic E-state index is 12.4. The van der Waals surface area contributed by atoms with Crippen LogP contribution in [0.4, 0.5) is 0 Å². The topological polar surface area (TPSA) is 73.8 Å². The van der Waals surface area contributed by atoms with Crippen molar-refractivity contribution < 1.29 is 19.0 Å². The van der Waals surface area contributed by atoms with Gasteiger partial charge in [0.1, 0.15) is 17.5 Å². The van der Waals surface area contributed by atoms with Crippen LogP contribution in [0.25, 0.3) is 0 Å². The van der Waals surface area contributed by atoms with Crippen molar-refractivity contribution in [2.24, 2.45) is 0 Å². The van der Waals surface area contributed by atoms with Gasteiger partial charge in [-0.3, -0.25) is 4.79 Å². The molecule has 2 fully saturated rings. The van der Waals surface area contributed by atoms with Crippen molar-refractivity contribution in [3.63, 3.8) is 0 Å². The number of rotatable bonds is 5. The van der Waals surface area contributed by atoms with Crippen LogP contribution in [0.3, 0.4) is 0 Å². The quantitative estimate of drug-likeness (QED) is 0.803. The lowest BCUT2D eigenvalue weighted by atomic mass is 9.84. The van der Waals surface area contributed by atoms with Gasteiger partial charge in [0.15, 0.2) is 6.61 Å². The van der Waals surface area contributed by atoms with Crippen LogP contribution in [-0.4, -0.2) is 58.8 Å². The van der Waals surface area contributed by atoms with E-state index in [1.807, 2.05) is 31.2 Å². The summed E-state index contributed by atoms with van der Waals surface area (Å²) in [6.07, 6.45) is 4.85. The fourth-order valence-electron chi connectivity index (χ4n) is 3.50. The van der Waals surface area contributed by atoms with Crippen molar-refractivity contribution in [3.05, 3.63) is 48.3 Å². The molecule has 0 radical (unpaired) electrons. The Morgan fingerprint density at radius 1 is 1.26 bits per heavy atom. The molecule has 1 aromatic heterocycles. The average molecular weight is 369 g/mol. The van der Waals surface area contributed by atoms with E-state index < -0.39 is 0 Å². The van der Waals surface area contributed by atoms with Crippen LogP contribution >= 0.6 is 0 Å². The van der Waals surface area contributed by atoms with E-state index in [2.05, 4.69) is 9.97 Å². The molecule has 2 aromatic rings. The first-order valence-electron chi connectivity index (χ1n) is 9.17. The molecule has 7 heteroatoms. The zero-order valence-corrected chi connectivity index (χ0v) is 15.3. The van der Waals surface area contributed by atoms with Gasteiger partial charge >= 0.3 is 6.01 Å². The molecule has 1 spiro atoms. The van der Waals surface area contributed by atoms with Crippen molar-refractivity contribution in [2.75, 3.05) is 26.3 Å². The molecule has 0 bridgehead atoms. The van der Waals surface area contributed by atoms with E-state index >= 15 is 0 Å². The van der Waals surface area contributed by atoms with Gasteiger partial charge in [0, 0.05) is 25.2 Å². The van der Waals surface area contributed by atoms with E-state index in [0.717, 1.165) is 18.4 Å². The summed E-state index contributed by atoms with van der Waals surface area (Å²) in [6, 6.07) is 9.82. The maximum absolute atomic E-state index is 12.4. The van der Waals surface area contributed by atoms with Gasteiger partial charge in [-0.1, -0.05) is 17.7 Å². The third-order valence-corrected chi connectivity index (χ3v) is 4.96. The largest absolute Gasteiger partial charge is 0.484 e. The number of nitrogens with zero attached hydrogens (tertiary/aromatic N) is 3.